The second kappa shape index (κ2) is 6.95. The predicted octanol–water partition coefficient (Wildman–Crippen LogP) is 5.74. The number of pyridine rings is 1. The number of hydrogen-bond donors (Lipinski definition) is 0. The Labute approximate surface area is 142 Å². The van der Waals surface area contributed by atoms with Gasteiger partial charge in [-0.15, -0.1) is 0 Å². The fourth-order valence-corrected chi connectivity index (χ4v) is 2.74. The standard InChI is InChI=1S/C18H13BrClNO/c19-15-9-5-4-8-14(15)18-16(10-11-17(20)21-18)22-12-13-6-2-1-3-7-13/h1-11H,12H2. The van der Waals surface area contributed by atoms with Crippen molar-refractivity contribution in [1.29, 1.82) is 0 Å². The van der Waals surface area contributed by atoms with Crippen LogP contribution in [0.25, 0.3) is 11.3 Å². The first kappa shape index (κ1) is 15.1. The van der Waals surface area contributed by atoms with Gasteiger partial charge in [0.2, 0.25) is 0 Å². The van der Waals surface area contributed by atoms with Gasteiger partial charge < -0.3 is 4.74 Å². The van der Waals surface area contributed by atoms with E-state index in [4.69, 9.17) is 16.3 Å². The van der Waals surface area contributed by atoms with Gasteiger partial charge in [-0.2, -0.15) is 0 Å². The third-order valence-corrected chi connectivity index (χ3v) is 4.09. The first-order chi connectivity index (χ1) is 10.7. The molecule has 0 amide bonds. The smallest absolute Gasteiger partial charge is 0.146 e. The van der Waals surface area contributed by atoms with Crippen LogP contribution in [0.4, 0.5) is 0 Å². The normalized spacial score (nSPS) is 10.5. The highest BCUT2D eigenvalue weighted by Gasteiger charge is 2.12. The number of ether oxygens (including phenoxy) is 1. The molecule has 2 aromatic carbocycles. The van der Waals surface area contributed by atoms with Gasteiger partial charge in [0.1, 0.15) is 23.2 Å². The van der Waals surface area contributed by atoms with E-state index in [2.05, 4.69) is 20.9 Å². The molecule has 0 unspecified atom stereocenters. The van der Waals surface area contributed by atoms with E-state index in [9.17, 15) is 0 Å². The summed E-state index contributed by atoms with van der Waals surface area (Å²) in [5.41, 5.74) is 2.79. The minimum absolute atomic E-state index is 0.442. The highest BCUT2D eigenvalue weighted by atomic mass is 79.9. The summed E-state index contributed by atoms with van der Waals surface area (Å²) < 4.78 is 6.90. The highest BCUT2D eigenvalue weighted by molar-refractivity contribution is 9.10. The van der Waals surface area contributed by atoms with Gasteiger partial charge >= 0.3 is 0 Å². The number of hydrogen-bond acceptors (Lipinski definition) is 2. The summed E-state index contributed by atoms with van der Waals surface area (Å²) in [6.45, 7) is 0.488. The molecule has 0 aliphatic carbocycles. The Hall–Kier alpha value is -1.84. The Morgan fingerprint density at radius 3 is 2.41 bits per heavy atom. The van der Waals surface area contributed by atoms with Crippen LogP contribution in [0, 0.1) is 0 Å². The lowest BCUT2D eigenvalue weighted by Crippen LogP contribution is -1.98. The molecule has 0 aliphatic rings. The maximum atomic E-state index is 6.05. The lowest BCUT2D eigenvalue weighted by atomic mass is 10.1. The van der Waals surface area contributed by atoms with Crippen LogP contribution in [-0.4, -0.2) is 4.98 Å². The summed E-state index contributed by atoms with van der Waals surface area (Å²) in [5.74, 6) is 0.708. The van der Waals surface area contributed by atoms with E-state index in [1.807, 2.05) is 60.7 Å². The van der Waals surface area contributed by atoms with Crippen molar-refractivity contribution in [2.45, 2.75) is 6.61 Å². The Balaban J connectivity index is 1.93. The number of rotatable bonds is 4. The molecule has 4 heteroatoms. The molecule has 3 aromatic rings. The van der Waals surface area contributed by atoms with Gasteiger partial charge in [0.25, 0.3) is 0 Å². The maximum absolute atomic E-state index is 6.05. The number of aromatic nitrogens is 1. The van der Waals surface area contributed by atoms with E-state index >= 15 is 0 Å². The minimum Gasteiger partial charge on any atom is -0.487 e. The third kappa shape index (κ3) is 3.49. The summed E-state index contributed by atoms with van der Waals surface area (Å²) >= 11 is 9.60. The first-order valence-corrected chi connectivity index (χ1v) is 7.99. The average molecular weight is 375 g/mol. The molecule has 0 radical (unpaired) electrons. The van der Waals surface area contributed by atoms with Crippen LogP contribution in [-0.2, 0) is 6.61 Å². The van der Waals surface area contributed by atoms with E-state index < -0.39 is 0 Å². The summed E-state index contributed by atoms with van der Waals surface area (Å²) in [7, 11) is 0. The van der Waals surface area contributed by atoms with Gasteiger partial charge in [-0.3, -0.25) is 0 Å². The van der Waals surface area contributed by atoms with Crippen molar-refractivity contribution in [3.63, 3.8) is 0 Å². The zero-order valence-electron chi connectivity index (χ0n) is 11.7. The van der Waals surface area contributed by atoms with Gasteiger partial charge in [-0.1, -0.05) is 76.1 Å². The Morgan fingerprint density at radius 2 is 1.64 bits per heavy atom. The Bertz CT molecular complexity index is 777. The van der Waals surface area contributed by atoms with Gasteiger partial charge in [-0.05, 0) is 23.8 Å². The zero-order chi connectivity index (χ0) is 15.4. The molecule has 0 bridgehead atoms. The van der Waals surface area contributed by atoms with E-state index in [1.165, 1.54) is 0 Å². The SMILES string of the molecule is Clc1ccc(OCc2ccccc2)c(-c2ccccc2Br)n1. The van der Waals surface area contributed by atoms with Gasteiger partial charge in [0.05, 0.1) is 0 Å². The van der Waals surface area contributed by atoms with Crippen molar-refractivity contribution in [1.82, 2.24) is 4.98 Å². The van der Waals surface area contributed by atoms with Crippen LogP contribution in [0.2, 0.25) is 5.15 Å². The van der Waals surface area contributed by atoms with Gasteiger partial charge in [-0.25, -0.2) is 4.98 Å². The molecule has 3 rings (SSSR count). The largest absolute Gasteiger partial charge is 0.487 e. The van der Waals surface area contributed by atoms with Crippen molar-refractivity contribution >= 4 is 27.5 Å². The van der Waals surface area contributed by atoms with Gasteiger partial charge in [0.15, 0.2) is 0 Å². The lowest BCUT2D eigenvalue weighted by molar-refractivity contribution is 0.306. The second-order valence-corrected chi connectivity index (χ2v) is 5.98. The van der Waals surface area contributed by atoms with E-state index in [1.54, 1.807) is 6.07 Å². The molecule has 0 spiro atoms. The minimum atomic E-state index is 0.442. The maximum Gasteiger partial charge on any atom is 0.146 e. The molecular formula is C18H13BrClNO. The highest BCUT2D eigenvalue weighted by Crippen LogP contribution is 2.34. The van der Waals surface area contributed by atoms with Crippen LogP contribution in [0.5, 0.6) is 5.75 Å². The molecule has 1 heterocycles. The third-order valence-electron chi connectivity index (χ3n) is 3.19. The Morgan fingerprint density at radius 1 is 0.909 bits per heavy atom. The van der Waals surface area contributed by atoms with Gasteiger partial charge in [0, 0.05) is 10.0 Å². The summed E-state index contributed by atoms with van der Waals surface area (Å²) in [5, 5.41) is 0.442. The second-order valence-electron chi connectivity index (χ2n) is 4.73. The molecular weight excluding hydrogens is 362 g/mol. The molecule has 0 saturated carbocycles. The summed E-state index contributed by atoms with van der Waals surface area (Å²) in [4.78, 5) is 4.43. The average Bonchev–Trinajstić information content (AvgIpc) is 2.55. The molecule has 1 aromatic heterocycles. The van der Waals surface area contributed by atoms with Crippen molar-refractivity contribution in [2.75, 3.05) is 0 Å². The van der Waals surface area contributed by atoms with Crippen molar-refractivity contribution in [3.8, 4) is 17.0 Å². The fraction of sp³-hybridized carbons (Fsp3) is 0.0556. The molecule has 0 saturated heterocycles. The van der Waals surface area contributed by atoms with E-state index in [0.29, 0.717) is 17.5 Å². The monoisotopic (exact) mass is 373 g/mol. The Kier molecular flexibility index (Phi) is 4.76. The topological polar surface area (TPSA) is 22.1 Å². The number of nitrogens with zero attached hydrogens (tertiary/aromatic N) is 1. The number of halogens is 2. The van der Waals surface area contributed by atoms with E-state index in [0.717, 1.165) is 21.3 Å². The molecule has 2 nitrogen and oxygen atoms in total. The van der Waals surface area contributed by atoms with Crippen LogP contribution in [0.3, 0.4) is 0 Å². The molecule has 0 aliphatic heterocycles. The van der Waals surface area contributed by atoms with E-state index in [-0.39, 0.29) is 0 Å². The quantitative estimate of drug-likeness (QED) is 0.543. The summed E-state index contributed by atoms with van der Waals surface area (Å²) in [6.07, 6.45) is 0. The molecule has 0 N–H and O–H groups in total. The van der Waals surface area contributed by atoms with Crippen molar-refractivity contribution in [3.05, 3.63) is 81.9 Å². The zero-order valence-corrected chi connectivity index (χ0v) is 14.0. The van der Waals surface area contributed by atoms with Crippen molar-refractivity contribution in [2.24, 2.45) is 0 Å². The molecule has 0 atom stereocenters. The van der Waals surface area contributed by atoms with Crippen LogP contribution >= 0.6 is 27.5 Å². The lowest BCUT2D eigenvalue weighted by Gasteiger charge is -2.12. The first-order valence-electron chi connectivity index (χ1n) is 6.82. The molecule has 0 fully saturated rings. The van der Waals surface area contributed by atoms with Crippen molar-refractivity contribution < 1.29 is 4.74 Å². The molecule has 110 valence electrons. The van der Waals surface area contributed by atoms with Crippen LogP contribution in [0.15, 0.2) is 71.2 Å². The fourth-order valence-electron chi connectivity index (χ4n) is 2.12. The number of benzene rings is 2. The van der Waals surface area contributed by atoms with Crippen LogP contribution < -0.4 is 4.74 Å². The van der Waals surface area contributed by atoms with Crippen LogP contribution in [0.1, 0.15) is 5.56 Å². The summed E-state index contributed by atoms with van der Waals surface area (Å²) in [6, 6.07) is 21.5. The predicted molar refractivity (Wildman–Crippen MR) is 93.2 cm³/mol. The molecule has 22 heavy (non-hydrogen) atoms.